The van der Waals surface area contributed by atoms with Crippen molar-refractivity contribution in [3.05, 3.63) is 282 Å². The summed E-state index contributed by atoms with van der Waals surface area (Å²) in [5.74, 6) is 2.53. The molecule has 0 fully saturated rings. The Morgan fingerprint density at radius 1 is 0.314 bits per heavy atom. The maximum Gasteiger partial charge on any atom is 0.163 e. The second-order valence-corrected chi connectivity index (χ2v) is 18.3. The Morgan fingerprint density at radius 2 is 0.843 bits per heavy atom. The fourth-order valence-electron chi connectivity index (χ4n) is 11.4. The molecule has 0 aliphatic heterocycles. The van der Waals surface area contributed by atoms with Gasteiger partial charge in [0.15, 0.2) is 17.5 Å². The van der Waals surface area contributed by atoms with Crippen LogP contribution in [0, 0.1) is 0 Å². The van der Waals surface area contributed by atoms with Crippen LogP contribution in [0.25, 0.3) is 78.4 Å². The van der Waals surface area contributed by atoms with Crippen molar-refractivity contribution in [3.8, 4) is 56.4 Å². The minimum atomic E-state index is -0.974. The number of furan rings is 1. The van der Waals surface area contributed by atoms with E-state index in [0.717, 1.165) is 100 Å². The van der Waals surface area contributed by atoms with Crippen molar-refractivity contribution < 1.29 is 4.42 Å². The molecule has 0 amide bonds. The van der Waals surface area contributed by atoms with Crippen LogP contribution in [0.15, 0.2) is 241 Å². The summed E-state index contributed by atoms with van der Waals surface area (Å²) in [5.41, 5.74) is 14.3. The zero-order valence-electron chi connectivity index (χ0n) is 37.9. The average Bonchev–Trinajstić information content (AvgIpc) is 3.71. The van der Waals surface area contributed by atoms with Crippen LogP contribution in [0.4, 0.5) is 0 Å². The molecule has 12 aromatic rings. The maximum atomic E-state index is 6.45. The van der Waals surface area contributed by atoms with E-state index in [2.05, 4.69) is 200 Å². The Balaban J connectivity index is 1.06. The van der Waals surface area contributed by atoms with E-state index in [1.807, 2.05) is 36.4 Å². The smallest absolute Gasteiger partial charge is 0.163 e. The number of nitrogens with zero attached hydrogens (tertiary/aromatic N) is 5. The van der Waals surface area contributed by atoms with Crippen LogP contribution in [-0.4, -0.2) is 24.9 Å². The molecular weight excluding hydrogens is 855 g/mol. The predicted molar refractivity (Wildman–Crippen MR) is 278 cm³/mol. The molecule has 6 heteroatoms. The fraction of sp³-hybridized carbons (Fsp3) is 0.0469. The van der Waals surface area contributed by atoms with Crippen LogP contribution in [0.1, 0.15) is 45.0 Å². The normalized spacial score (nSPS) is 16.6. The van der Waals surface area contributed by atoms with Crippen LogP contribution < -0.4 is 0 Å². The Labute approximate surface area is 404 Å². The molecule has 0 saturated heterocycles. The van der Waals surface area contributed by atoms with Gasteiger partial charge < -0.3 is 4.42 Å². The third-order valence-electron chi connectivity index (χ3n) is 14.5. The first-order valence-corrected chi connectivity index (χ1v) is 23.8. The summed E-state index contributed by atoms with van der Waals surface area (Å²) in [7, 11) is 0. The van der Waals surface area contributed by atoms with E-state index in [9.17, 15) is 0 Å². The SMILES string of the molecule is c1ccc(-c2cccc(-c3cc(-c4ccccc4)nc(C45Cc6ccccc6C(c6nc(-c7ccccc7)nc(-c7ccc8c(c7)oc7ccccc78)n6)(c6ccccc64)c4ccccc45)n3)c2)cc1. The lowest BCUT2D eigenvalue weighted by molar-refractivity contribution is 0.536. The van der Waals surface area contributed by atoms with Gasteiger partial charge in [-0.15, -0.1) is 0 Å². The molecule has 3 aliphatic rings. The third-order valence-corrected chi connectivity index (χ3v) is 14.5. The van der Waals surface area contributed by atoms with Crippen molar-refractivity contribution >= 4 is 21.9 Å². The van der Waals surface area contributed by atoms with Crippen molar-refractivity contribution in [1.29, 1.82) is 0 Å². The molecule has 2 bridgehead atoms. The summed E-state index contributed by atoms with van der Waals surface area (Å²) < 4.78 is 6.45. The molecule has 70 heavy (non-hydrogen) atoms. The zero-order chi connectivity index (χ0) is 46.2. The molecule has 0 spiro atoms. The number of hydrogen-bond acceptors (Lipinski definition) is 6. The summed E-state index contributed by atoms with van der Waals surface area (Å²) >= 11 is 0. The van der Waals surface area contributed by atoms with Crippen LogP contribution in [-0.2, 0) is 17.3 Å². The van der Waals surface area contributed by atoms with E-state index in [1.165, 1.54) is 5.56 Å². The predicted octanol–water partition coefficient (Wildman–Crippen LogP) is 14.5. The van der Waals surface area contributed by atoms with Crippen LogP contribution in [0.5, 0.6) is 0 Å². The van der Waals surface area contributed by atoms with E-state index < -0.39 is 10.8 Å². The summed E-state index contributed by atoms with van der Waals surface area (Å²) in [6, 6.07) is 83.2. The zero-order valence-corrected chi connectivity index (χ0v) is 37.9. The molecule has 3 heterocycles. The largest absolute Gasteiger partial charge is 0.456 e. The van der Waals surface area contributed by atoms with Gasteiger partial charge in [-0.2, -0.15) is 0 Å². The molecule has 0 radical (unpaired) electrons. The summed E-state index contributed by atoms with van der Waals surface area (Å²) in [6.45, 7) is 0. The van der Waals surface area contributed by atoms with Crippen molar-refractivity contribution in [3.63, 3.8) is 0 Å². The molecule has 0 N–H and O–H groups in total. The van der Waals surface area contributed by atoms with Gasteiger partial charge in [-0.05, 0) is 81.3 Å². The monoisotopic (exact) mass is 895 g/mol. The van der Waals surface area contributed by atoms with Crippen molar-refractivity contribution in [2.24, 2.45) is 0 Å². The third kappa shape index (κ3) is 6.03. The van der Waals surface area contributed by atoms with Gasteiger partial charge in [0.25, 0.3) is 0 Å². The molecular formula is C64H41N5O. The van der Waals surface area contributed by atoms with Crippen LogP contribution in [0.2, 0.25) is 0 Å². The fourth-order valence-corrected chi connectivity index (χ4v) is 11.4. The number of hydrogen-bond donors (Lipinski definition) is 0. The lowest BCUT2D eigenvalue weighted by Gasteiger charge is -2.45. The van der Waals surface area contributed by atoms with Crippen LogP contribution >= 0.6 is 0 Å². The first-order chi connectivity index (χ1) is 34.6. The second-order valence-electron chi connectivity index (χ2n) is 18.3. The van der Waals surface area contributed by atoms with Crippen molar-refractivity contribution in [1.82, 2.24) is 24.9 Å². The molecule has 6 nitrogen and oxygen atoms in total. The van der Waals surface area contributed by atoms with E-state index in [0.29, 0.717) is 23.9 Å². The minimum Gasteiger partial charge on any atom is -0.456 e. The van der Waals surface area contributed by atoms with Crippen molar-refractivity contribution in [2.75, 3.05) is 0 Å². The number of aromatic nitrogens is 5. The highest BCUT2D eigenvalue weighted by atomic mass is 16.3. The first kappa shape index (κ1) is 40.0. The van der Waals surface area contributed by atoms with Gasteiger partial charge in [-0.3, -0.25) is 0 Å². The summed E-state index contributed by atoms with van der Waals surface area (Å²) in [4.78, 5) is 28.0. The van der Waals surface area contributed by atoms with E-state index in [1.54, 1.807) is 0 Å². The first-order valence-electron chi connectivity index (χ1n) is 23.8. The van der Waals surface area contributed by atoms with Gasteiger partial charge in [0, 0.05) is 33.0 Å². The standard InChI is InChI=1S/C64H41N5O/c1-4-19-41(20-5-1)44-26-18-27-45(37-44)56-39-55(42-21-6-2-7-22-42)65-61(66-56)63-40-47-25-10-12-29-50(47)64(53-32-15-13-30-51(53)63,54-33-16-14-31-52(54)63)62-68-59(43-23-8-3-9-24-43)67-60(69-62)46-35-36-49-48-28-11-17-34-57(48)70-58(49)38-46/h1-39H,40H2. The molecule has 0 unspecified atom stereocenters. The average molecular weight is 896 g/mol. The topological polar surface area (TPSA) is 77.6 Å². The Hall–Kier alpha value is -9.13. The molecule has 15 rings (SSSR count). The highest BCUT2D eigenvalue weighted by Crippen LogP contribution is 2.61. The minimum absolute atomic E-state index is 0.565. The molecule has 328 valence electrons. The molecule has 3 aliphatic carbocycles. The number of benzene rings is 9. The Morgan fingerprint density at radius 3 is 1.56 bits per heavy atom. The van der Waals surface area contributed by atoms with Gasteiger partial charge in [0.1, 0.15) is 22.4 Å². The lowest BCUT2D eigenvalue weighted by atomic mass is 9.57. The number of fused-ring (bicyclic) bond motifs is 3. The number of para-hydroxylation sites is 1. The van der Waals surface area contributed by atoms with E-state index >= 15 is 0 Å². The molecule has 0 saturated carbocycles. The lowest BCUT2D eigenvalue weighted by Crippen LogP contribution is -2.44. The van der Waals surface area contributed by atoms with Gasteiger partial charge in [-0.25, -0.2) is 24.9 Å². The highest BCUT2D eigenvalue weighted by Gasteiger charge is 2.59. The summed E-state index contributed by atoms with van der Waals surface area (Å²) in [5, 5.41) is 2.12. The maximum absolute atomic E-state index is 6.45. The highest BCUT2D eigenvalue weighted by molar-refractivity contribution is 6.05. The van der Waals surface area contributed by atoms with Crippen LogP contribution in [0.3, 0.4) is 0 Å². The van der Waals surface area contributed by atoms with Crippen molar-refractivity contribution in [2.45, 2.75) is 17.3 Å². The van der Waals surface area contributed by atoms with Gasteiger partial charge >= 0.3 is 0 Å². The van der Waals surface area contributed by atoms with Gasteiger partial charge in [-0.1, -0.05) is 206 Å². The molecule has 9 aromatic carbocycles. The van der Waals surface area contributed by atoms with Gasteiger partial charge in [0.05, 0.1) is 16.8 Å². The Kier molecular flexibility index (Phi) is 8.98. The van der Waals surface area contributed by atoms with Gasteiger partial charge in [0.2, 0.25) is 0 Å². The Bertz CT molecular complexity index is 3950. The molecule has 3 aromatic heterocycles. The summed E-state index contributed by atoms with van der Waals surface area (Å²) in [6.07, 6.45) is 0.604. The molecule has 0 atom stereocenters. The second kappa shape index (κ2) is 15.7. The quantitative estimate of drug-likeness (QED) is 0.159. The van der Waals surface area contributed by atoms with E-state index in [4.69, 9.17) is 29.3 Å². The number of rotatable bonds is 7. The van der Waals surface area contributed by atoms with E-state index in [-0.39, 0.29) is 0 Å².